The van der Waals surface area contributed by atoms with E-state index >= 15 is 0 Å². The van der Waals surface area contributed by atoms with E-state index in [-0.39, 0.29) is 13.2 Å². The summed E-state index contributed by atoms with van der Waals surface area (Å²) in [5.41, 5.74) is -0.866. The van der Waals surface area contributed by atoms with Gasteiger partial charge in [-0.05, 0) is 6.92 Å². The van der Waals surface area contributed by atoms with Crippen molar-refractivity contribution in [1.82, 2.24) is 5.32 Å². The van der Waals surface area contributed by atoms with Crippen LogP contribution in [0, 0.1) is 11.5 Å². The van der Waals surface area contributed by atoms with Gasteiger partial charge >= 0.3 is 0 Å². The van der Waals surface area contributed by atoms with Crippen molar-refractivity contribution in [3.05, 3.63) is 0 Å². The van der Waals surface area contributed by atoms with Gasteiger partial charge in [-0.2, -0.15) is 5.26 Å². The SMILES string of the molecule is CC(CO)(CO)NC#N. The predicted octanol–water partition coefficient (Wildman–Crippen LogP) is -1.20. The Kier molecular flexibility index (Phi) is 2.99. The van der Waals surface area contributed by atoms with E-state index in [1.54, 1.807) is 13.1 Å². The topological polar surface area (TPSA) is 76.3 Å². The first-order valence-corrected chi connectivity index (χ1v) is 2.56. The molecule has 0 aliphatic rings. The Hall–Kier alpha value is -0.790. The van der Waals surface area contributed by atoms with Crippen LogP contribution in [-0.4, -0.2) is 29.0 Å². The lowest BCUT2D eigenvalue weighted by atomic mass is 10.1. The second-order valence-corrected chi connectivity index (χ2v) is 2.11. The minimum absolute atomic E-state index is 0.253. The molecule has 0 fully saturated rings. The van der Waals surface area contributed by atoms with Gasteiger partial charge in [-0.25, -0.2) is 0 Å². The van der Waals surface area contributed by atoms with Crippen LogP contribution in [0.5, 0.6) is 0 Å². The second kappa shape index (κ2) is 3.28. The molecule has 0 spiro atoms. The molecular formula is C5H10N2O2. The van der Waals surface area contributed by atoms with Crippen molar-refractivity contribution >= 4 is 0 Å². The summed E-state index contributed by atoms with van der Waals surface area (Å²) in [6, 6.07) is 0. The Morgan fingerprint density at radius 1 is 1.56 bits per heavy atom. The summed E-state index contributed by atoms with van der Waals surface area (Å²) >= 11 is 0. The number of hydrogen-bond acceptors (Lipinski definition) is 4. The van der Waals surface area contributed by atoms with Crippen LogP contribution in [0.4, 0.5) is 0 Å². The normalized spacial score (nSPS) is 10.4. The van der Waals surface area contributed by atoms with E-state index in [0.29, 0.717) is 0 Å². The van der Waals surface area contributed by atoms with Crippen molar-refractivity contribution in [2.45, 2.75) is 12.5 Å². The lowest BCUT2D eigenvalue weighted by Gasteiger charge is -2.21. The molecule has 4 heteroatoms. The third-order valence-corrected chi connectivity index (χ3v) is 1.06. The number of aliphatic hydroxyl groups is 2. The summed E-state index contributed by atoms with van der Waals surface area (Å²) in [5, 5.41) is 27.4. The van der Waals surface area contributed by atoms with Crippen LogP contribution in [0.2, 0.25) is 0 Å². The molecule has 3 N–H and O–H groups in total. The van der Waals surface area contributed by atoms with Gasteiger partial charge in [0.05, 0.1) is 18.8 Å². The van der Waals surface area contributed by atoms with Gasteiger partial charge in [0.1, 0.15) is 0 Å². The van der Waals surface area contributed by atoms with Crippen molar-refractivity contribution in [3.8, 4) is 6.19 Å². The van der Waals surface area contributed by atoms with E-state index in [1.165, 1.54) is 0 Å². The fourth-order valence-electron chi connectivity index (χ4n) is 0.264. The first-order chi connectivity index (χ1) is 4.18. The average molecular weight is 130 g/mol. The molecule has 0 amide bonds. The summed E-state index contributed by atoms with van der Waals surface area (Å²) in [7, 11) is 0. The highest BCUT2D eigenvalue weighted by molar-refractivity contribution is 4.87. The minimum atomic E-state index is -0.866. The zero-order valence-corrected chi connectivity index (χ0v) is 5.26. The number of nitriles is 1. The number of hydrogen-bond donors (Lipinski definition) is 3. The second-order valence-electron chi connectivity index (χ2n) is 2.11. The van der Waals surface area contributed by atoms with Crippen molar-refractivity contribution < 1.29 is 10.2 Å². The van der Waals surface area contributed by atoms with Crippen LogP contribution in [-0.2, 0) is 0 Å². The summed E-state index contributed by atoms with van der Waals surface area (Å²) < 4.78 is 0. The molecule has 9 heavy (non-hydrogen) atoms. The van der Waals surface area contributed by atoms with Crippen LogP contribution >= 0.6 is 0 Å². The number of nitrogens with zero attached hydrogens (tertiary/aromatic N) is 1. The van der Waals surface area contributed by atoms with Crippen LogP contribution in [0.3, 0.4) is 0 Å². The van der Waals surface area contributed by atoms with Crippen LogP contribution < -0.4 is 5.32 Å². The Labute approximate surface area is 53.7 Å². The number of nitrogens with one attached hydrogen (secondary N) is 1. The van der Waals surface area contributed by atoms with Crippen molar-refractivity contribution in [1.29, 1.82) is 5.26 Å². The summed E-state index contributed by atoms with van der Waals surface area (Å²) in [4.78, 5) is 0. The van der Waals surface area contributed by atoms with E-state index in [1.807, 2.05) is 0 Å². The zero-order valence-electron chi connectivity index (χ0n) is 5.26. The maximum atomic E-state index is 8.54. The molecule has 0 atom stereocenters. The summed E-state index contributed by atoms with van der Waals surface area (Å²) in [5.74, 6) is 0. The molecule has 0 aliphatic heterocycles. The third-order valence-electron chi connectivity index (χ3n) is 1.06. The molecule has 0 radical (unpaired) electrons. The van der Waals surface area contributed by atoms with Crippen molar-refractivity contribution in [2.75, 3.05) is 13.2 Å². The Morgan fingerprint density at radius 3 is 2.11 bits per heavy atom. The maximum Gasteiger partial charge on any atom is 0.177 e. The standard InChI is InChI=1S/C5H10N2O2/c1-5(2-8,3-9)7-4-6/h7-9H,2-3H2,1H3. The maximum absolute atomic E-state index is 8.54. The first kappa shape index (κ1) is 8.21. The van der Waals surface area contributed by atoms with Crippen LogP contribution in [0.1, 0.15) is 6.92 Å². The highest BCUT2D eigenvalue weighted by Gasteiger charge is 2.20. The highest BCUT2D eigenvalue weighted by Crippen LogP contribution is 1.97. The Balaban J connectivity index is 3.80. The lowest BCUT2D eigenvalue weighted by Crippen LogP contribution is -2.46. The van der Waals surface area contributed by atoms with E-state index in [4.69, 9.17) is 15.5 Å². The number of rotatable bonds is 3. The molecule has 0 aromatic carbocycles. The first-order valence-electron chi connectivity index (χ1n) is 2.56. The molecule has 0 saturated carbocycles. The highest BCUT2D eigenvalue weighted by atomic mass is 16.3. The van der Waals surface area contributed by atoms with Crippen molar-refractivity contribution in [2.24, 2.45) is 0 Å². The molecule has 0 bridgehead atoms. The zero-order chi connectivity index (χ0) is 7.33. The quantitative estimate of drug-likeness (QED) is 0.331. The van der Waals surface area contributed by atoms with Gasteiger partial charge in [0.2, 0.25) is 0 Å². The van der Waals surface area contributed by atoms with Crippen LogP contribution in [0.25, 0.3) is 0 Å². The van der Waals surface area contributed by atoms with Gasteiger partial charge in [0.25, 0.3) is 0 Å². The van der Waals surface area contributed by atoms with E-state index < -0.39 is 5.54 Å². The number of aliphatic hydroxyl groups excluding tert-OH is 2. The van der Waals surface area contributed by atoms with Crippen molar-refractivity contribution in [3.63, 3.8) is 0 Å². The monoisotopic (exact) mass is 130 g/mol. The van der Waals surface area contributed by atoms with Gasteiger partial charge in [-0.15, -0.1) is 0 Å². The molecule has 0 aliphatic carbocycles. The van der Waals surface area contributed by atoms with E-state index in [9.17, 15) is 0 Å². The third kappa shape index (κ3) is 2.31. The van der Waals surface area contributed by atoms with E-state index in [2.05, 4.69) is 5.32 Å². The largest absolute Gasteiger partial charge is 0.394 e. The van der Waals surface area contributed by atoms with Gasteiger partial charge in [0.15, 0.2) is 6.19 Å². The Morgan fingerprint density at radius 2 is 2.00 bits per heavy atom. The fraction of sp³-hybridized carbons (Fsp3) is 0.800. The molecule has 0 aromatic rings. The lowest BCUT2D eigenvalue weighted by molar-refractivity contribution is 0.117. The fourth-order valence-corrected chi connectivity index (χ4v) is 0.264. The summed E-state index contributed by atoms with van der Waals surface area (Å²) in [6.45, 7) is 1.05. The van der Waals surface area contributed by atoms with Gasteiger partial charge in [-0.3, -0.25) is 0 Å². The minimum Gasteiger partial charge on any atom is -0.394 e. The molecule has 4 nitrogen and oxygen atoms in total. The summed E-state index contributed by atoms with van der Waals surface area (Å²) in [6.07, 6.45) is 1.64. The average Bonchev–Trinajstić information content (AvgIpc) is 1.89. The van der Waals surface area contributed by atoms with Crippen LogP contribution in [0.15, 0.2) is 0 Å². The van der Waals surface area contributed by atoms with Gasteiger partial charge < -0.3 is 15.5 Å². The molecule has 0 saturated heterocycles. The predicted molar refractivity (Wildman–Crippen MR) is 31.3 cm³/mol. The van der Waals surface area contributed by atoms with Gasteiger partial charge in [0, 0.05) is 0 Å². The molecule has 52 valence electrons. The smallest absolute Gasteiger partial charge is 0.177 e. The Bertz CT molecular complexity index is 115. The molecule has 0 unspecified atom stereocenters. The molecule has 0 aromatic heterocycles. The van der Waals surface area contributed by atoms with Gasteiger partial charge in [-0.1, -0.05) is 0 Å². The molecule has 0 heterocycles. The molecule has 0 rings (SSSR count). The van der Waals surface area contributed by atoms with E-state index in [0.717, 1.165) is 0 Å². The molecular weight excluding hydrogens is 120 g/mol.